The van der Waals surface area contributed by atoms with Crippen LogP contribution in [0.2, 0.25) is 0 Å². The Bertz CT molecular complexity index is 969. The van der Waals surface area contributed by atoms with Gasteiger partial charge < -0.3 is 14.6 Å². The molecule has 2 fully saturated rings. The van der Waals surface area contributed by atoms with Crippen molar-refractivity contribution in [2.75, 3.05) is 18.0 Å². The Balaban J connectivity index is 1.37. The molecule has 1 aliphatic carbocycles. The minimum atomic E-state index is 0.208. The third-order valence-corrected chi connectivity index (χ3v) is 6.16. The molecule has 1 aliphatic heterocycles. The Kier molecular flexibility index (Phi) is 4.63. The maximum atomic E-state index is 5.87. The van der Waals surface area contributed by atoms with Gasteiger partial charge in [0.25, 0.3) is 0 Å². The smallest absolute Gasteiger partial charge is 0.156 e. The maximum absolute atomic E-state index is 5.87. The fourth-order valence-corrected chi connectivity index (χ4v) is 4.53. The Morgan fingerprint density at radius 2 is 1.83 bits per heavy atom. The summed E-state index contributed by atoms with van der Waals surface area (Å²) in [5, 5.41) is 0. The van der Waals surface area contributed by atoms with E-state index < -0.39 is 0 Å². The van der Waals surface area contributed by atoms with Gasteiger partial charge in [-0.15, -0.1) is 0 Å². The second-order valence-electron chi connectivity index (χ2n) is 8.65. The highest BCUT2D eigenvalue weighted by atomic mass is 16.5. The van der Waals surface area contributed by atoms with E-state index >= 15 is 0 Å². The van der Waals surface area contributed by atoms with Crippen LogP contribution in [0.4, 0.5) is 5.69 Å². The van der Waals surface area contributed by atoms with Crippen molar-refractivity contribution in [2.24, 2.45) is 0 Å². The number of anilines is 1. The van der Waals surface area contributed by atoms with Crippen LogP contribution >= 0.6 is 0 Å². The molecule has 5 heteroatoms. The molecule has 1 N–H and O–H groups in total. The van der Waals surface area contributed by atoms with Crippen molar-refractivity contribution >= 4 is 5.69 Å². The van der Waals surface area contributed by atoms with Gasteiger partial charge in [0.2, 0.25) is 0 Å². The number of imidazole rings is 1. The maximum Gasteiger partial charge on any atom is 0.156 e. The fourth-order valence-electron chi connectivity index (χ4n) is 4.53. The molecular formula is C24H28N4O. The number of pyridine rings is 1. The first-order valence-corrected chi connectivity index (χ1v) is 10.6. The summed E-state index contributed by atoms with van der Waals surface area (Å²) < 4.78 is 5.87. The lowest BCUT2D eigenvalue weighted by molar-refractivity contribution is -0.00521. The highest BCUT2D eigenvalue weighted by Gasteiger charge is 2.45. The van der Waals surface area contributed by atoms with E-state index in [1.165, 1.54) is 29.8 Å². The van der Waals surface area contributed by atoms with Crippen LogP contribution in [0.3, 0.4) is 0 Å². The SMILES string of the molecule is C[C@@H]1CN(c2ccnc(-c3ncc(C4(Cc5ccccc5)CC4)[nH]3)c2)C[C@H](C)O1. The first kappa shape index (κ1) is 18.4. The monoisotopic (exact) mass is 388 g/mol. The first-order valence-electron chi connectivity index (χ1n) is 10.6. The Morgan fingerprint density at radius 3 is 2.55 bits per heavy atom. The minimum absolute atomic E-state index is 0.208. The number of rotatable bonds is 5. The molecule has 150 valence electrons. The summed E-state index contributed by atoms with van der Waals surface area (Å²) in [5.41, 5.74) is 4.91. The van der Waals surface area contributed by atoms with Crippen LogP contribution in [-0.4, -0.2) is 40.2 Å². The molecule has 0 radical (unpaired) electrons. The highest BCUT2D eigenvalue weighted by molar-refractivity contribution is 5.59. The average molecular weight is 389 g/mol. The number of morpholine rings is 1. The van der Waals surface area contributed by atoms with Crippen molar-refractivity contribution in [1.82, 2.24) is 15.0 Å². The quantitative estimate of drug-likeness (QED) is 0.706. The standard InChI is InChI=1S/C24H28N4O/c1-17-15-28(16-18(2)29-17)20-8-11-25-21(12-20)23-26-14-22(27-23)24(9-10-24)13-19-6-4-3-5-7-19/h3-8,11-12,14,17-18H,9-10,13,15-16H2,1-2H3,(H,26,27)/t17-,18+. The zero-order valence-electron chi connectivity index (χ0n) is 17.1. The number of benzene rings is 1. The molecule has 1 saturated carbocycles. The molecule has 0 amide bonds. The Morgan fingerprint density at radius 1 is 1.07 bits per heavy atom. The summed E-state index contributed by atoms with van der Waals surface area (Å²) in [6.07, 6.45) is 7.84. The molecule has 5 nitrogen and oxygen atoms in total. The molecule has 1 saturated heterocycles. The van der Waals surface area contributed by atoms with E-state index in [2.05, 4.69) is 76.2 Å². The molecule has 0 bridgehead atoms. The van der Waals surface area contributed by atoms with E-state index in [0.717, 1.165) is 31.0 Å². The molecule has 2 atom stereocenters. The largest absolute Gasteiger partial charge is 0.372 e. The molecule has 2 aliphatic rings. The zero-order chi connectivity index (χ0) is 19.8. The second-order valence-corrected chi connectivity index (χ2v) is 8.65. The van der Waals surface area contributed by atoms with E-state index in [1.807, 2.05) is 12.4 Å². The number of nitrogens with zero attached hydrogens (tertiary/aromatic N) is 3. The third kappa shape index (κ3) is 3.79. The number of aromatic nitrogens is 3. The molecule has 5 rings (SSSR count). The van der Waals surface area contributed by atoms with Gasteiger partial charge in [-0.05, 0) is 50.8 Å². The molecule has 29 heavy (non-hydrogen) atoms. The topological polar surface area (TPSA) is 54.0 Å². The van der Waals surface area contributed by atoms with Crippen LogP contribution in [0, 0.1) is 0 Å². The Labute approximate surface area is 172 Å². The Hall–Kier alpha value is -2.66. The molecule has 1 aromatic carbocycles. The van der Waals surface area contributed by atoms with Gasteiger partial charge in [0.15, 0.2) is 5.82 Å². The summed E-state index contributed by atoms with van der Waals surface area (Å²) in [4.78, 5) is 15.2. The van der Waals surface area contributed by atoms with Crippen molar-refractivity contribution in [3.05, 3.63) is 66.1 Å². The van der Waals surface area contributed by atoms with Gasteiger partial charge in [0.1, 0.15) is 5.69 Å². The molecule has 3 aromatic rings. The van der Waals surface area contributed by atoms with Gasteiger partial charge in [-0.3, -0.25) is 4.98 Å². The number of nitrogens with one attached hydrogen (secondary N) is 1. The predicted molar refractivity (Wildman–Crippen MR) is 115 cm³/mol. The van der Waals surface area contributed by atoms with E-state index in [9.17, 15) is 0 Å². The lowest BCUT2D eigenvalue weighted by Crippen LogP contribution is -2.45. The summed E-state index contributed by atoms with van der Waals surface area (Å²) in [6.45, 7) is 6.06. The van der Waals surface area contributed by atoms with Crippen molar-refractivity contribution in [1.29, 1.82) is 0 Å². The van der Waals surface area contributed by atoms with Crippen LogP contribution in [0.1, 0.15) is 37.9 Å². The van der Waals surface area contributed by atoms with E-state index in [-0.39, 0.29) is 17.6 Å². The van der Waals surface area contributed by atoms with E-state index in [1.54, 1.807) is 0 Å². The number of ether oxygens (including phenoxy) is 1. The van der Waals surface area contributed by atoms with Gasteiger partial charge >= 0.3 is 0 Å². The van der Waals surface area contributed by atoms with Crippen LogP contribution < -0.4 is 4.90 Å². The van der Waals surface area contributed by atoms with Gasteiger partial charge in [-0.25, -0.2) is 4.98 Å². The van der Waals surface area contributed by atoms with Gasteiger partial charge in [-0.2, -0.15) is 0 Å². The summed E-state index contributed by atoms with van der Waals surface area (Å²) >= 11 is 0. The summed E-state index contributed by atoms with van der Waals surface area (Å²) in [5.74, 6) is 0.857. The van der Waals surface area contributed by atoms with Crippen molar-refractivity contribution in [3.8, 4) is 11.5 Å². The number of aromatic amines is 1. The lowest BCUT2D eigenvalue weighted by atomic mass is 9.94. The van der Waals surface area contributed by atoms with E-state index in [4.69, 9.17) is 4.74 Å². The summed E-state index contributed by atoms with van der Waals surface area (Å²) in [7, 11) is 0. The van der Waals surface area contributed by atoms with E-state index in [0.29, 0.717) is 0 Å². The predicted octanol–water partition coefficient (Wildman–Crippen LogP) is 4.36. The van der Waals surface area contributed by atoms with Gasteiger partial charge in [0, 0.05) is 42.3 Å². The van der Waals surface area contributed by atoms with Crippen LogP contribution in [-0.2, 0) is 16.6 Å². The lowest BCUT2D eigenvalue weighted by Gasteiger charge is -2.36. The second kappa shape index (κ2) is 7.30. The van der Waals surface area contributed by atoms with Gasteiger partial charge in [0.05, 0.1) is 12.2 Å². The first-order chi connectivity index (χ1) is 14.1. The van der Waals surface area contributed by atoms with Crippen LogP contribution in [0.15, 0.2) is 54.9 Å². The minimum Gasteiger partial charge on any atom is -0.372 e. The van der Waals surface area contributed by atoms with Crippen molar-refractivity contribution in [2.45, 2.75) is 50.7 Å². The summed E-state index contributed by atoms with van der Waals surface area (Å²) in [6, 6.07) is 15.0. The normalized spacial score (nSPS) is 23.2. The highest BCUT2D eigenvalue weighted by Crippen LogP contribution is 2.50. The number of H-pyrrole nitrogens is 1. The molecule has 2 aromatic heterocycles. The molecule has 3 heterocycles. The van der Waals surface area contributed by atoms with Crippen molar-refractivity contribution < 1.29 is 4.74 Å². The van der Waals surface area contributed by atoms with Gasteiger partial charge in [-0.1, -0.05) is 30.3 Å². The average Bonchev–Trinajstić information content (AvgIpc) is 3.32. The third-order valence-electron chi connectivity index (χ3n) is 6.16. The fraction of sp³-hybridized carbons (Fsp3) is 0.417. The van der Waals surface area contributed by atoms with Crippen molar-refractivity contribution in [3.63, 3.8) is 0 Å². The zero-order valence-corrected chi connectivity index (χ0v) is 17.1. The number of hydrogen-bond donors (Lipinski definition) is 1. The van der Waals surface area contributed by atoms with Crippen LogP contribution in [0.25, 0.3) is 11.5 Å². The molecular weight excluding hydrogens is 360 g/mol. The molecule has 0 unspecified atom stereocenters. The number of hydrogen-bond acceptors (Lipinski definition) is 4. The molecule has 0 spiro atoms. The van der Waals surface area contributed by atoms with Crippen LogP contribution in [0.5, 0.6) is 0 Å².